The van der Waals surface area contributed by atoms with Gasteiger partial charge in [0.2, 0.25) is 5.88 Å². The molecule has 1 heterocycles. The van der Waals surface area contributed by atoms with E-state index in [2.05, 4.69) is 20.9 Å². The first-order valence-electron chi connectivity index (χ1n) is 5.24. The molecule has 1 atom stereocenters. The van der Waals surface area contributed by atoms with E-state index in [-0.39, 0.29) is 0 Å². The Hall–Kier alpha value is -1.39. The highest BCUT2D eigenvalue weighted by atomic mass is 79.9. The maximum Gasteiger partial charge on any atom is 0.225 e. The average molecular weight is 294 g/mol. The Morgan fingerprint density at radius 1 is 1.24 bits per heavy atom. The van der Waals surface area contributed by atoms with Crippen LogP contribution < -0.4 is 4.74 Å². The van der Waals surface area contributed by atoms with Crippen LogP contribution in [0.2, 0.25) is 0 Å². The molecule has 0 saturated heterocycles. The number of nitrogens with zero attached hydrogens (tertiary/aromatic N) is 1. The topological polar surface area (TPSA) is 42.4 Å². The molecule has 0 radical (unpaired) electrons. The maximum absolute atomic E-state index is 9.62. The molecule has 1 aromatic carbocycles. The summed E-state index contributed by atoms with van der Waals surface area (Å²) >= 11 is 3.40. The molecule has 2 rings (SSSR count). The molecule has 1 aromatic heterocycles. The molecule has 17 heavy (non-hydrogen) atoms. The van der Waals surface area contributed by atoms with Gasteiger partial charge >= 0.3 is 0 Å². The molecule has 0 unspecified atom stereocenters. The van der Waals surface area contributed by atoms with Crippen molar-refractivity contribution in [1.29, 1.82) is 0 Å². The molecule has 0 amide bonds. The minimum absolute atomic E-state index is 0.425. The third-order valence-electron chi connectivity index (χ3n) is 2.29. The van der Waals surface area contributed by atoms with Crippen molar-refractivity contribution >= 4 is 15.9 Å². The molecule has 2 aromatic rings. The van der Waals surface area contributed by atoms with Gasteiger partial charge < -0.3 is 9.84 Å². The van der Waals surface area contributed by atoms with Gasteiger partial charge in [0.15, 0.2) is 0 Å². The van der Waals surface area contributed by atoms with E-state index in [1.165, 1.54) is 0 Å². The summed E-state index contributed by atoms with van der Waals surface area (Å²) in [7, 11) is 0. The number of ether oxygens (including phenoxy) is 1. The third kappa shape index (κ3) is 2.84. The van der Waals surface area contributed by atoms with Gasteiger partial charge in [0.25, 0.3) is 0 Å². The van der Waals surface area contributed by atoms with Gasteiger partial charge in [-0.1, -0.05) is 12.1 Å². The highest BCUT2D eigenvalue weighted by Gasteiger charge is 2.11. The fourth-order valence-corrected chi connectivity index (χ4v) is 1.80. The van der Waals surface area contributed by atoms with E-state index in [1.54, 1.807) is 25.3 Å². The minimum atomic E-state index is -0.610. The van der Waals surface area contributed by atoms with Crippen LogP contribution in [-0.2, 0) is 0 Å². The van der Waals surface area contributed by atoms with E-state index in [1.807, 2.05) is 24.3 Å². The fourth-order valence-electron chi connectivity index (χ4n) is 1.44. The molecule has 0 saturated carbocycles. The minimum Gasteiger partial charge on any atom is -0.437 e. The van der Waals surface area contributed by atoms with Gasteiger partial charge in [0.05, 0.1) is 10.6 Å². The van der Waals surface area contributed by atoms with Crippen LogP contribution in [0, 0.1) is 0 Å². The van der Waals surface area contributed by atoms with Gasteiger partial charge in [-0.3, -0.25) is 0 Å². The monoisotopic (exact) mass is 293 g/mol. The summed E-state index contributed by atoms with van der Waals surface area (Å²) in [6.07, 6.45) is 1.03. The highest BCUT2D eigenvalue weighted by molar-refractivity contribution is 9.10. The van der Waals surface area contributed by atoms with Gasteiger partial charge in [0, 0.05) is 11.8 Å². The van der Waals surface area contributed by atoms with Crippen molar-refractivity contribution in [1.82, 2.24) is 4.98 Å². The second kappa shape index (κ2) is 5.29. The van der Waals surface area contributed by atoms with Crippen LogP contribution >= 0.6 is 15.9 Å². The number of hydrogen-bond acceptors (Lipinski definition) is 3. The molecule has 0 aliphatic rings. The van der Waals surface area contributed by atoms with Crippen LogP contribution in [-0.4, -0.2) is 10.1 Å². The third-order valence-corrected chi connectivity index (χ3v) is 2.95. The molecule has 0 aliphatic carbocycles. The van der Waals surface area contributed by atoms with E-state index >= 15 is 0 Å². The summed E-state index contributed by atoms with van der Waals surface area (Å²) in [6, 6.07) is 11.1. The van der Waals surface area contributed by atoms with Crippen LogP contribution in [0.25, 0.3) is 0 Å². The molecular formula is C13H12BrNO2. The molecular weight excluding hydrogens is 282 g/mol. The summed E-state index contributed by atoms with van der Waals surface area (Å²) in [6.45, 7) is 1.68. The Kier molecular flexibility index (Phi) is 3.76. The van der Waals surface area contributed by atoms with E-state index in [0.717, 1.165) is 4.47 Å². The van der Waals surface area contributed by atoms with Crippen molar-refractivity contribution in [3.8, 4) is 11.6 Å². The first-order valence-corrected chi connectivity index (χ1v) is 6.03. The van der Waals surface area contributed by atoms with Gasteiger partial charge in [-0.25, -0.2) is 4.98 Å². The van der Waals surface area contributed by atoms with Crippen molar-refractivity contribution in [3.63, 3.8) is 0 Å². The number of pyridine rings is 1. The van der Waals surface area contributed by atoms with Crippen molar-refractivity contribution in [2.45, 2.75) is 13.0 Å². The Morgan fingerprint density at radius 2 is 2.00 bits per heavy atom. The quantitative estimate of drug-likeness (QED) is 0.938. The standard InChI is InChI=1S/C13H12BrNO2/c1-9(16)10-5-4-8-15-13(10)17-12-7-3-2-6-11(12)14/h2-9,16H,1H3/t9-/m0/s1. The number of hydrogen-bond donors (Lipinski definition) is 1. The highest BCUT2D eigenvalue weighted by Crippen LogP contribution is 2.31. The van der Waals surface area contributed by atoms with E-state index < -0.39 is 6.10 Å². The SMILES string of the molecule is C[C@H](O)c1cccnc1Oc1ccccc1Br. The van der Waals surface area contributed by atoms with Gasteiger partial charge in [-0.2, -0.15) is 0 Å². The number of para-hydroxylation sites is 1. The molecule has 4 heteroatoms. The Labute approximate surface area is 108 Å². The zero-order chi connectivity index (χ0) is 12.3. The van der Waals surface area contributed by atoms with Crippen molar-refractivity contribution < 1.29 is 9.84 Å². The maximum atomic E-state index is 9.62. The van der Waals surface area contributed by atoms with Crippen molar-refractivity contribution in [2.75, 3.05) is 0 Å². The van der Waals surface area contributed by atoms with Crippen molar-refractivity contribution in [3.05, 3.63) is 52.6 Å². The molecule has 0 bridgehead atoms. The molecule has 0 spiro atoms. The normalized spacial score (nSPS) is 12.2. The summed E-state index contributed by atoms with van der Waals surface area (Å²) in [5.41, 5.74) is 0.670. The first kappa shape index (κ1) is 12.1. The Balaban J connectivity index is 2.34. The average Bonchev–Trinajstić information content (AvgIpc) is 2.32. The number of aliphatic hydroxyl groups is 1. The zero-order valence-electron chi connectivity index (χ0n) is 9.30. The summed E-state index contributed by atoms with van der Waals surface area (Å²) in [4.78, 5) is 4.13. The Bertz CT molecular complexity index is 514. The van der Waals surface area contributed by atoms with Gasteiger partial charge in [0.1, 0.15) is 5.75 Å². The number of aromatic nitrogens is 1. The van der Waals surface area contributed by atoms with Gasteiger partial charge in [-0.15, -0.1) is 0 Å². The van der Waals surface area contributed by atoms with E-state index in [0.29, 0.717) is 17.2 Å². The van der Waals surface area contributed by atoms with Crippen LogP contribution in [0.3, 0.4) is 0 Å². The van der Waals surface area contributed by atoms with Crippen LogP contribution in [0.15, 0.2) is 47.1 Å². The lowest BCUT2D eigenvalue weighted by atomic mass is 10.2. The predicted octanol–water partition coefficient (Wildman–Crippen LogP) is 3.69. The van der Waals surface area contributed by atoms with E-state index in [9.17, 15) is 5.11 Å². The predicted molar refractivity (Wildman–Crippen MR) is 69.1 cm³/mol. The molecule has 3 nitrogen and oxygen atoms in total. The zero-order valence-corrected chi connectivity index (χ0v) is 10.9. The largest absolute Gasteiger partial charge is 0.437 e. The lowest BCUT2D eigenvalue weighted by Crippen LogP contribution is -1.98. The molecule has 88 valence electrons. The lowest BCUT2D eigenvalue weighted by molar-refractivity contribution is 0.194. The summed E-state index contributed by atoms with van der Waals surface area (Å²) in [5, 5.41) is 9.62. The fraction of sp³-hybridized carbons (Fsp3) is 0.154. The first-order chi connectivity index (χ1) is 8.18. The van der Waals surface area contributed by atoms with Gasteiger partial charge in [-0.05, 0) is 47.1 Å². The molecule has 0 aliphatic heterocycles. The second-order valence-electron chi connectivity index (χ2n) is 3.61. The lowest BCUT2D eigenvalue weighted by Gasteiger charge is -2.12. The van der Waals surface area contributed by atoms with Crippen LogP contribution in [0.4, 0.5) is 0 Å². The Morgan fingerprint density at radius 3 is 2.71 bits per heavy atom. The van der Waals surface area contributed by atoms with E-state index in [4.69, 9.17) is 4.74 Å². The number of benzene rings is 1. The number of aliphatic hydroxyl groups excluding tert-OH is 1. The smallest absolute Gasteiger partial charge is 0.225 e. The second-order valence-corrected chi connectivity index (χ2v) is 4.46. The number of halogens is 1. The number of rotatable bonds is 3. The summed E-state index contributed by atoms with van der Waals surface area (Å²) < 4.78 is 6.53. The van der Waals surface area contributed by atoms with Crippen LogP contribution in [0.1, 0.15) is 18.6 Å². The van der Waals surface area contributed by atoms with Crippen LogP contribution in [0.5, 0.6) is 11.6 Å². The summed E-state index contributed by atoms with van der Waals surface area (Å²) in [5.74, 6) is 1.10. The molecule has 1 N–H and O–H groups in total. The molecule has 0 fully saturated rings. The van der Waals surface area contributed by atoms with Crippen molar-refractivity contribution in [2.24, 2.45) is 0 Å².